The molecule has 1 N–H and O–H groups in total. The van der Waals surface area contributed by atoms with E-state index in [2.05, 4.69) is 0 Å². The molecule has 0 spiro atoms. The van der Waals surface area contributed by atoms with Gasteiger partial charge in [0.2, 0.25) is 0 Å². The van der Waals surface area contributed by atoms with E-state index in [1.165, 1.54) is 17.0 Å². The zero-order chi connectivity index (χ0) is 15.0. The summed E-state index contributed by atoms with van der Waals surface area (Å²) in [6, 6.07) is 3.07. The summed E-state index contributed by atoms with van der Waals surface area (Å²) in [7, 11) is 1.73. The highest BCUT2D eigenvalue weighted by Gasteiger charge is 2.34. The molecule has 0 atom stereocenters. The van der Waals surface area contributed by atoms with Gasteiger partial charge in [-0.1, -0.05) is 23.2 Å². The van der Waals surface area contributed by atoms with Crippen LogP contribution in [0.2, 0.25) is 10.0 Å². The Bertz CT molecular complexity index is 608. The fourth-order valence-corrected chi connectivity index (χ4v) is 2.73. The zero-order valence-corrected chi connectivity index (χ0v) is 13.2. The average Bonchev–Trinajstić information content (AvgIpc) is 2.60. The third-order valence-electron chi connectivity index (χ3n) is 3.00. The van der Waals surface area contributed by atoms with Gasteiger partial charge in [-0.3, -0.25) is 9.69 Å². The first-order chi connectivity index (χ1) is 9.36. The van der Waals surface area contributed by atoms with Gasteiger partial charge in [-0.05, 0) is 42.9 Å². The Kier molecular flexibility index (Phi) is 4.22. The van der Waals surface area contributed by atoms with Crippen LogP contribution in [0, 0.1) is 0 Å². The van der Waals surface area contributed by atoms with Gasteiger partial charge in [0.05, 0.1) is 10.0 Å². The summed E-state index contributed by atoms with van der Waals surface area (Å²) in [6.07, 6.45) is 1.64. The fourth-order valence-electron chi connectivity index (χ4n) is 1.92. The highest BCUT2D eigenvalue weighted by atomic mass is 35.5. The lowest BCUT2D eigenvalue weighted by Gasteiger charge is -2.13. The predicted octanol–water partition coefficient (Wildman–Crippen LogP) is 3.12. The van der Waals surface area contributed by atoms with Crippen molar-refractivity contribution in [3.63, 3.8) is 0 Å². The largest absolute Gasteiger partial charge is 0.505 e. The van der Waals surface area contributed by atoms with Crippen molar-refractivity contribution in [2.24, 2.45) is 0 Å². The second kappa shape index (κ2) is 5.60. The molecule has 0 saturated carbocycles. The van der Waals surface area contributed by atoms with Crippen LogP contribution in [-0.4, -0.2) is 39.5 Å². The number of rotatable bonds is 2. The number of hydrogen-bond acceptors (Lipinski definition) is 3. The summed E-state index contributed by atoms with van der Waals surface area (Å²) in [6.45, 7) is 2.37. The van der Waals surface area contributed by atoms with E-state index in [9.17, 15) is 9.90 Å². The van der Waals surface area contributed by atoms with E-state index in [-0.39, 0.29) is 21.7 Å². The van der Waals surface area contributed by atoms with Crippen LogP contribution in [0.4, 0.5) is 0 Å². The van der Waals surface area contributed by atoms with Crippen LogP contribution in [0.3, 0.4) is 0 Å². The van der Waals surface area contributed by atoms with Crippen molar-refractivity contribution >= 4 is 52.5 Å². The fraction of sp³-hybridized carbons (Fsp3) is 0.231. The monoisotopic (exact) mass is 330 g/mol. The summed E-state index contributed by atoms with van der Waals surface area (Å²) in [5.41, 5.74) is 1.06. The number of nitrogens with zero attached hydrogens (tertiary/aromatic N) is 2. The Labute approximate surface area is 132 Å². The summed E-state index contributed by atoms with van der Waals surface area (Å²) in [5, 5.41) is 10.2. The number of hydrogen-bond donors (Lipinski definition) is 1. The van der Waals surface area contributed by atoms with E-state index in [1.807, 2.05) is 6.92 Å². The maximum atomic E-state index is 12.2. The number of likely N-dealkylation sites (N-methyl/N-ethyl adjacent to an activating group) is 2. The minimum atomic E-state index is -0.174. The number of carbonyl (C=O) groups excluding carboxylic acids is 1. The Balaban J connectivity index is 2.46. The van der Waals surface area contributed by atoms with Crippen molar-refractivity contribution in [3.05, 3.63) is 33.4 Å². The molecule has 1 amide bonds. The van der Waals surface area contributed by atoms with E-state index in [1.54, 1.807) is 18.0 Å². The molecule has 0 unspecified atom stereocenters. The quantitative estimate of drug-likeness (QED) is 0.668. The van der Waals surface area contributed by atoms with Gasteiger partial charge in [-0.15, -0.1) is 0 Å². The molecule has 1 aliphatic rings. The molecule has 1 fully saturated rings. The van der Waals surface area contributed by atoms with Crippen LogP contribution in [0.1, 0.15) is 12.5 Å². The highest BCUT2D eigenvalue weighted by Crippen LogP contribution is 2.34. The second-order valence-corrected chi connectivity index (χ2v) is 5.43. The first-order valence-electron chi connectivity index (χ1n) is 5.86. The molecule has 20 heavy (non-hydrogen) atoms. The summed E-state index contributed by atoms with van der Waals surface area (Å²) < 4.78 is 0. The number of benzene rings is 1. The first-order valence-corrected chi connectivity index (χ1v) is 7.02. The molecule has 106 valence electrons. The molecule has 1 aromatic carbocycles. The van der Waals surface area contributed by atoms with Crippen LogP contribution in [0.25, 0.3) is 6.08 Å². The van der Waals surface area contributed by atoms with E-state index >= 15 is 0 Å². The van der Waals surface area contributed by atoms with Gasteiger partial charge in [-0.2, -0.15) is 0 Å². The van der Waals surface area contributed by atoms with Gasteiger partial charge in [0.15, 0.2) is 10.9 Å². The van der Waals surface area contributed by atoms with Crippen LogP contribution in [0.15, 0.2) is 17.8 Å². The van der Waals surface area contributed by atoms with Crippen molar-refractivity contribution in [2.45, 2.75) is 6.92 Å². The van der Waals surface area contributed by atoms with Gasteiger partial charge >= 0.3 is 0 Å². The maximum Gasteiger partial charge on any atom is 0.276 e. The van der Waals surface area contributed by atoms with Gasteiger partial charge < -0.3 is 10.0 Å². The molecule has 1 aromatic rings. The molecule has 1 heterocycles. The summed E-state index contributed by atoms with van der Waals surface area (Å²) >= 11 is 16.9. The SMILES string of the molecule is CCN1C(=O)/C(=C/c2cc(Cl)c(O)c(Cl)c2)N(C)C1=S. The number of aromatic hydroxyl groups is 1. The zero-order valence-electron chi connectivity index (χ0n) is 10.9. The topological polar surface area (TPSA) is 43.8 Å². The van der Waals surface area contributed by atoms with Crippen LogP contribution >= 0.6 is 35.4 Å². The van der Waals surface area contributed by atoms with Gasteiger partial charge in [-0.25, -0.2) is 0 Å². The number of phenolic OH excluding ortho intramolecular Hbond substituents is 1. The van der Waals surface area contributed by atoms with Crippen LogP contribution < -0.4 is 0 Å². The van der Waals surface area contributed by atoms with Crippen molar-refractivity contribution < 1.29 is 9.90 Å². The minimum absolute atomic E-state index is 0.132. The standard InChI is InChI=1S/C13H12Cl2N2O2S/c1-3-17-12(19)10(16(2)13(17)20)6-7-4-8(14)11(18)9(15)5-7/h4-6,18H,3H2,1-2H3/b10-6-. The van der Waals surface area contributed by atoms with E-state index in [4.69, 9.17) is 35.4 Å². The number of thiocarbonyl (C=S) groups is 1. The smallest absolute Gasteiger partial charge is 0.276 e. The Morgan fingerprint density at radius 2 is 1.90 bits per heavy atom. The highest BCUT2D eigenvalue weighted by molar-refractivity contribution is 7.80. The summed E-state index contributed by atoms with van der Waals surface area (Å²) in [4.78, 5) is 15.4. The number of carbonyl (C=O) groups is 1. The van der Waals surface area contributed by atoms with Crippen LogP contribution in [-0.2, 0) is 4.79 Å². The van der Waals surface area contributed by atoms with Crippen LogP contribution in [0.5, 0.6) is 5.75 Å². The van der Waals surface area contributed by atoms with Gasteiger partial charge in [0, 0.05) is 13.6 Å². The molecule has 0 bridgehead atoms. The molecule has 2 rings (SSSR count). The third kappa shape index (κ3) is 2.49. The Morgan fingerprint density at radius 3 is 2.35 bits per heavy atom. The van der Waals surface area contributed by atoms with E-state index in [0.717, 1.165) is 0 Å². The molecule has 0 radical (unpaired) electrons. The first kappa shape index (κ1) is 15.1. The second-order valence-electron chi connectivity index (χ2n) is 4.25. The van der Waals surface area contributed by atoms with E-state index in [0.29, 0.717) is 22.9 Å². The predicted molar refractivity (Wildman–Crippen MR) is 83.9 cm³/mol. The molecule has 0 aromatic heterocycles. The van der Waals surface area contributed by atoms with Crippen molar-refractivity contribution in [1.82, 2.24) is 9.80 Å². The number of halogens is 2. The normalized spacial score (nSPS) is 17.5. The average molecular weight is 331 g/mol. The molecule has 0 aliphatic carbocycles. The van der Waals surface area contributed by atoms with Crippen molar-refractivity contribution in [2.75, 3.05) is 13.6 Å². The molecular formula is C13H12Cl2N2O2S. The number of amides is 1. The summed E-state index contributed by atoms with van der Waals surface area (Å²) in [5.74, 6) is -0.340. The lowest BCUT2D eigenvalue weighted by atomic mass is 10.1. The molecule has 1 aliphatic heterocycles. The Morgan fingerprint density at radius 1 is 1.35 bits per heavy atom. The van der Waals surface area contributed by atoms with Gasteiger partial charge in [0.1, 0.15) is 5.70 Å². The van der Waals surface area contributed by atoms with Crippen molar-refractivity contribution in [3.8, 4) is 5.75 Å². The Hall–Kier alpha value is -1.30. The third-order valence-corrected chi connectivity index (χ3v) is 4.07. The van der Waals surface area contributed by atoms with E-state index < -0.39 is 0 Å². The maximum absolute atomic E-state index is 12.2. The van der Waals surface area contributed by atoms with Crippen molar-refractivity contribution in [1.29, 1.82) is 0 Å². The molecule has 1 saturated heterocycles. The molecular weight excluding hydrogens is 319 g/mol. The lowest BCUT2D eigenvalue weighted by molar-refractivity contribution is -0.122. The minimum Gasteiger partial charge on any atom is -0.505 e. The molecule has 4 nitrogen and oxygen atoms in total. The lowest BCUT2D eigenvalue weighted by Crippen LogP contribution is -2.30. The number of phenols is 1. The van der Waals surface area contributed by atoms with Gasteiger partial charge in [0.25, 0.3) is 5.91 Å². The molecule has 7 heteroatoms.